The van der Waals surface area contributed by atoms with E-state index in [2.05, 4.69) is 71.8 Å². The first-order valence-electron chi connectivity index (χ1n) is 14.2. The van der Waals surface area contributed by atoms with Gasteiger partial charge in [-0.05, 0) is 48.7 Å². The molecule has 38 heavy (non-hydrogen) atoms. The minimum absolute atomic E-state index is 0.383. The maximum Gasteiger partial charge on any atom is 0.178 e. The van der Waals surface area contributed by atoms with Crippen LogP contribution in [0.2, 0.25) is 51.4 Å². The van der Waals surface area contributed by atoms with Crippen LogP contribution in [0.25, 0.3) is 22.7 Å². The van der Waals surface area contributed by atoms with Crippen molar-refractivity contribution in [2.75, 3.05) is 25.6 Å². The molecule has 0 atom stereocenters. The molecule has 3 aromatic rings. The minimum Gasteiger partial charge on any atom is -0.387 e. The topological polar surface area (TPSA) is 79.0 Å². The third kappa shape index (κ3) is 5.78. The fourth-order valence-electron chi connectivity index (χ4n) is 5.80. The van der Waals surface area contributed by atoms with Crippen LogP contribution in [-0.2, 0) is 29.4 Å². The summed E-state index contributed by atoms with van der Waals surface area (Å²) in [6.07, 6.45) is 5.35. The fraction of sp³-hybridized carbons (Fsp3) is 0.679. The van der Waals surface area contributed by atoms with Crippen LogP contribution in [-0.4, -0.2) is 60.7 Å². The van der Waals surface area contributed by atoms with Gasteiger partial charge in [-0.3, -0.25) is 4.57 Å². The molecule has 2 bridgehead atoms. The van der Waals surface area contributed by atoms with E-state index in [1.807, 2.05) is 13.2 Å². The summed E-state index contributed by atoms with van der Waals surface area (Å²) in [4.78, 5) is 9.72. The van der Waals surface area contributed by atoms with Crippen molar-refractivity contribution < 1.29 is 9.47 Å². The molecule has 0 unspecified atom stereocenters. The molecule has 0 aliphatic heterocycles. The zero-order valence-electron chi connectivity index (χ0n) is 24.6. The van der Waals surface area contributed by atoms with Crippen LogP contribution in [0.4, 0.5) is 5.69 Å². The van der Waals surface area contributed by atoms with Crippen molar-refractivity contribution in [3.63, 3.8) is 0 Å². The number of ether oxygens (including phenoxy) is 2. The molecule has 208 valence electrons. The van der Waals surface area contributed by atoms with Gasteiger partial charge in [-0.2, -0.15) is 5.10 Å². The van der Waals surface area contributed by atoms with Crippen LogP contribution >= 0.6 is 0 Å². The molecule has 0 amide bonds. The maximum absolute atomic E-state index is 6.27. The van der Waals surface area contributed by atoms with Crippen molar-refractivity contribution in [1.29, 1.82) is 0 Å². The predicted molar refractivity (Wildman–Crippen MR) is 160 cm³/mol. The second-order valence-corrected chi connectivity index (χ2v) is 25.4. The van der Waals surface area contributed by atoms with Crippen LogP contribution < -0.4 is 5.32 Å². The Labute approximate surface area is 229 Å². The largest absolute Gasteiger partial charge is 0.387 e. The number of anilines is 1. The molecule has 3 heterocycles. The van der Waals surface area contributed by atoms with Crippen molar-refractivity contribution in [3.8, 4) is 11.5 Å². The van der Waals surface area contributed by atoms with Crippen LogP contribution in [0.5, 0.6) is 0 Å². The van der Waals surface area contributed by atoms with Gasteiger partial charge in [-0.25, -0.2) is 14.6 Å². The summed E-state index contributed by atoms with van der Waals surface area (Å²) in [6, 6.07) is 4.41. The molecule has 1 N–H and O–H groups in total. The summed E-state index contributed by atoms with van der Waals surface area (Å²) >= 11 is 0. The van der Waals surface area contributed by atoms with Crippen LogP contribution in [0.15, 0.2) is 12.3 Å². The number of fused-ring (bicyclic) bond motifs is 1. The second kappa shape index (κ2) is 10.2. The van der Waals surface area contributed by atoms with E-state index in [-0.39, 0.29) is 0 Å². The van der Waals surface area contributed by atoms with E-state index in [1.165, 1.54) is 24.1 Å². The average molecular weight is 555 g/mol. The number of nitrogens with zero attached hydrogens (tertiary/aromatic N) is 5. The highest BCUT2D eigenvalue weighted by molar-refractivity contribution is 6.76. The third-order valence-electron chi connectivity index (χ3n) is 8.11. The van der Waals surface area contributed by atoms with Crippen LogP contribution in [0.1, 0.15) is 36.9 Å². The summed E-state index contributed by atoms with van der Waals surface area (Å²) in [5, 5.41) is 8.42. The molecular formula is C28H46N6O2Si2. The van der Waals surface area contributed by atoms with Gasteiger partial charge < -0.3 is 14.8 Å². The number of nitrogens with one attached hydrogen (secondary N) is 1. The summed E-state index contributed by atoms with van der Waals surface area (Å²) in [5.74, 6) is 1.40. The monoisotopic (exact) mass is 554 g/mol. The van der Waals surface area contributed by atoms with E-state index in [0.717, 1.165) is 60.1 Å². The number of hydrogen-bond acceptors (Lipinski definition) is 6. The Kier molecular flexibility index (Phi) is 7.38. The highest BCUT2D eigenvalue weighted by Crippen LogP contribution is 2.59. The van der Waals surface area contributed by atoms with Crippen molar-refractivity contribution in [2.24, 2.45) is 5.41 Å². The first-order valence-corrected chi connectivity index (χ1v) is 21.6. The molecule has 0 aromatic carbocycles. The molecular weight excluding hydrogens is 509 g/mol. The summed E-state index contributed by atoms with van der Waals surface area (Å²) in [6.45, 7) is 19.2. The van der Waals surface area contributed by atoms with Gasteiger partial charge in [0.1, 0.15) is 19.2 Å². The molecule has 0 radical (unpaired) electrons. The Bertz CT molecular complexity index is 1300. The molecule has 10 heteroatoms. The minimum atomic E-state index is -1.18. The van der Waals surface area contributed by atoms with Crippen molar-refractivity contribution in [2.45, 2.75) is 96.9 Å². The van der Waals surface area contributed by atoms with E-state index < -0.39 is 16.1 Å². The standard InChI is InChI=1S/C28H46N6O2Si2/c1-28-14-20(15-28)24-23(16-28)34(19-36-10-12-38(6,7)8)32-25(24)27-31-26-22(13-21(29-2)17-30-26)33(27)18-35-9-11-37(3,4)5/h13,17,20,29H,9-12,14-16,18-19H2,1-8H3. The second-order valence-electron chi connectivity index (χ2n) is 14.2. The summed E-state index contributed by atoms with van der Waals surface area (Å²) in [5.41, 5.74) is 6.74. The summed E-state index contributed by atoms with van der Waals surface area (Å²) in [7, 11) is -0.402. The Morgan fingerprint density at radius 1 is 1.03 bits per heavy atom. The van der Waals surface area contributed by atoms with Gasteiger partial charge in [0.2, 0.25) is 0 Å². The highest BCUT2D eigenvalue weighted by atomic mass is 28.3. The smallest absolute Gasteiger partial charge is 0.178 e. The zero-order chi connectivity index (χ0) is 27.3. The molecule has 0 saturated heterocycles. The number of aromatic nitrogens is 5. The van der Waals surface area contributed by atoms with E-state index in [0.29, 0.717) is 24.8 Å². The normalized spacial score (nSPS) is 21.0. The van der Waals surface area contributed by atoms with E-state index in [9.17, 15) is 0 Å². The van der Waals surface area contributed by atoms with Gasteiger partial charge in [0.05, 0.1) is 17.4 Å². The third-order valence-corrected chi connectivity index (χ3v) is 11.5. The molecule has 6 rings (SSSR count). The van der Waals surface area contributed by atoms with Crippen LogP contribution in [0, 0.1) is 5.41 Å². The quantitative estimate of drug-likeness (QED) is 0.206. The van der Waals surface area contributed by atoms with Gasteiger partial charge in [0.15, 0.2) is 11.5 Å². The van der Waals surface area contributed by atoms with Crippen molar-refractivity contribution in [3.05, 3.63) is 23.5 Å². The van der Waals surface area contributed by atoms with Gasteiger partial charge in [-0.15, -0.1) is 0 Å². The Balaban J connectivity index is 1.51. The SMILES string of the molecule is CNc1cnc2nc(-c3nn(COCC[Si](C)(C)C)c4c3C3CC(C)(C4)C3)n(COCC[Si](C)(C)C)c2c1. The lowest BCUT2D eigenvalue weighted by molar-refractivity contribution is 0.0639. The fourth-order valence-corrected chi connectivity index (χ4v) is 7.31. The molecule has 3 aromatic heterocycles. The first kappa shape index (κ1) is 27.5. The number of imidazole rings is 1. The van der Waals surface area contributed by atoms with Gasteiger partial charge in [0.25, 0.3) is 0 Å². The van der Waals surface area contributed by atoms with Crippen molar-refractivity contribution >= 4 is 33.0 Å². The highest BCUT2D eigenvalue weighted by Gasteiger charge is 2.50. The lowest BCUT2D eigenvalue weighted by atomic mass is 9.54. The summed E-state index contributed by atoms with van der Waals surface area (Å²) < 4.78 is 16.8. The Morgan fingerprint density at radius 2 is 1.68 bits per heavy atom. The molecule has 8 nitrogen and oxygen atoms in total. The molecule has 3 aliphatic carbocycles. The first-order chi connectivity index (χ1) is 17.9. The van der Waals surface area contributed by atoms with Gasteiger partial charge >= 0.3 is 0 Å². The van der Waals surface area contributed by atoms with E-state index in [4.69, 9.17) is 19.6 Å². The maximum atomic E-state index is 6.27. The van der Waals surface area contributed by atoms with Gasteiger partial charge in [-0.1, -0.05) is 46.2 Å². The van der Waals surface area contributed by atoms with Crippen LogP contribution in [0.3, 0.4) is 0 Å². The van der Waals surface area contributed by atoms with E-state index in [1.54, 1.807) is 0 Å². The number of rotatable bonds is 12. The lowest BCUT2D eigenvalue weighted by Gasteiger charge is -2.50. The molecule has 3 aliphatic rings. The number of pyridine rings is 1. The molecule has 1 fully saturated rings. The molecule has 1 saturated carbocycles. The van der Waals surface area contributed by atoms with Crippen molar-refractivity contribution in [1.82, 2.24) is 24.3 Å². The predicted octanol–water partition coefficient (Wildman–Crippen LogP) is 6.40. The lowest BCUT2D eigenvalue weighted by Crippen LogP contribution is -2.41. The molecule has 0 spiro atoms. The van der Waals surface area contributed by atoms with E-state index >= 15 is 0 Å². The van der Waals surface area contributed by atoms with Gasteiger partial charge in [0, 0.05) is 47.7 Å². The zero-order valence-corrected chi connectivity index (χ0v) is 26.6. The average Bonchev–Trinajstić information content (AvgIpc) is 3.35. The Hall–Kier alpha value is -2.02. The number of hydrogen-bond donors (Lipinski definition) is 1. The Morgan fingerprint density at radius 3 is 2.32 bits per heavy atom.